The molecule has 4 aromatic rings. The number of hydrogen-bond acceptors (Lipinski definition) is 4. The van der Waals surface area contributed by atoms with Crippen molar-refractivity contribution in [2.45, 2.75) is 0 Å². The summed E-state index contributed by atoms with van der Waals surface area (Å²) in [5.74, 6) is -0.233. The second-order valence-electron chi connectivity index (χ2n) is 6.38. The molecule has 4 nitrogen and oxygen atoms in total. The number of pyridine rings is 1. The van der Waals surface area contributed by atoms with E-state index in [1.54, 1.807) is 12.1 Å². The Kier molecular flexibility index (Phi) is 4.83. The molecule has 1 N–H and O–H groups in total. The molecule has 0 spiro atoms. The summed E-state index contributed by atoms with van der Waals surface area (Å²) in [5, 5.41) is 0. The van der Waals surface area contributed by atoms with E-state index in [1.807, 2.05) is 55.1 Å². The lowest BCUT2D eigenvalue weighted by atomic mass is 10.1. The van der Waals surface area contributed by atoms with Gasteiger partial charge >= 0.3 is 0 Å². The van der Waals surface area contributed by atoms with Gasteiger partial charge in [0.1, 0.15) is 11.5 Å². The molecule has 4 rings (SSSR count). The number of benzene rings is 2. The molecule has 27 heavy (non-hydrogen) atoms. The van der Waals surface area contributed by atoms with Crippen molar-refractivity contribution in [3.63, 3.8) is 0 Å². The highest BCUT2D eigenvalue weighted by Crippen LogP contribution is 2.27. The van der Waals surface area contributed by atoms with Crippen molar-refractivity contribution in [3.05, 3.63) is 78.9 Å². The number of nitrogens with zero attached hydrogens (tertiary/aromatic N) is 3. The fraction of sp³-hybridized carbons (Fsp3) is 0.0952. The maximum absolute atomic E-state index is 13.2. The largest absolute Gasteiger partial charge is 0.317 e. The van der Waals surface area contributed by atoms with Crippen LogP contribution in [0.3, 0.4) is 0 Å². The minimum Gasteiger partial charge on any atom is -0.317 e. The molecule has 0 aliphatic carbocycles. The molecule has 2 heterocycles. The van der Waals surface area contributed by atoms with E-state index in [4.69, 9.17) is 0 Å². The summed E-state index contributed by atoms with van der Waals surface area (Å²) < 4.78 is 20.5. The Bertz CT molecular complexity index is 1070. The number of imidazole rings is 1. The topological polar surface area (TPSA) is 32.6 Å². The lowest BCUT2D eigenvalue weighted by molar-refractivity contribution is 0.628. The highest BCUT2D eigenvalue weighted by atomic mass is 32.2. The normalized spacial score (nSPS) is 11.3. The first-order chi connectivity index (χ1) is 13.1. The standard InChI is InChI=1S/C21H19FN4S/c1-25(2)27-24-19-5-3-4-17(12-19)20-14-23-21-13-16(10-11-26(20)21)15-6-8-18(22)9-7-15/h3-14,24H,1-2H3. The molecule has 0 saturated heterocycles. The monoisotopic (exact) mass is 378 g/mol. The van der Waals surface area contributed by atoms with Gasteiger partial charge in [-0.15, -0.1) is 0 Å². The van der Waals surface area contributed by atoms with Gasteiger partial charge in [-0.05, 0) is 61.6 Å². The van der Waals surface area contributed by atoms with Crippen LogP contribution in [0.4, 0.5) is 10.1 Å². The minimum atomic E-state index is -0.233. The van der Waals surface area contributed by atoms with Crippen molar-refractivity contribution in [2.24, 2.45) is 0 Å². The van der Waals surface area contributed by atoms with Gasteiger partial charge in [-0.25, -0.2) is 13.7 Å². The van der Waals surface area contributed by atoms with Crippen LogP contribution in [0.15, 0.2) is 73.1 Å². The van der Waals surface area contributed by atoms with Crippen LogP contribution >= 0.6 is 12.1 Å². The summed E-state index contributed by atoms with van der Waals surface area (Å²) in [6.07, 6.45) is 3.88. The van der Waals surface area contributed by atoms with Gasteiger partial charge in [0.25, 0.3) is 0 Å². The molecule has 0 atom stereocenters. The lowest BCUT2D eigenvalue weighted by Crippen LogP contribution is -2.03. The van der Waals surface area contributed by atoms with Crippen LogP contribution in [-0.4, -0.2) is 27.8 Å². The summed E-state index contributed by atoms with van der Waals surface area (Å²) in [6.45, 7) is 0. The molecule has 136 valence electrons. The molecule has 0 radical (unpaired) electrons. The maximum Gasteiger partial charge on any atom is 0.137 e. The SMILES string of the molecule is CN(C)SNc1cccc(-c2cnc3cc(-c4ccc(F)cc4)ccn23)c1. The average Bonchev–Trinajstić information content (AvgIpc) is 3.10. The number of aromatic nitrogens is 2. The molecule has 0 amide bonds. The van der Waals surface area contributed by atoms with Crippen LogP contribution in [0.2, 0.25) is 0 Å². The predicted molar refractivity (Wildman–Crippen MR) is 111 cm³/mol. The van der Waals surface area contributed by atoms with Crippen LogP contribution < -0.4 is 4.72 Å². The van der Waals surface area contributed by atoms with Crippen molar-refractivity contribution in [2.75, 3.05) is 18.8 Å². The fourth-order valence-electron chi connectivity index (χ4n) is 2.90. The zero-order valence-corrected chi connectivity index (χ0v) is 15.9. The number of fused-ring (bicyclic) bond motifs is 1. The zero-order chi connectivity index (χ0) is 18.8. The van der Waals surface area contributed by atoms with E-state index >= 15 is 0 Å². The molecule has 0 aliphatic heterocycles. The zero-order valence-electron chi connectivity index (χ0n) is 15.1. The maximum atomic E-state index is 13.2. The Morgan fingerprint density at radius 1 is 0.963 bits per heavy atom. The van der Waals surface area contributed by atoms with Crippen molar-refractivity contribution in [3.8, 4) is 22.4 Å². The second-order valence-corrected chi connectivity index (χ2v) is 7.50. The van der Waals surface area contributed by atoms with E-state index in [-0.39, 0.29) is 5.82 Å². The lowest BCUT2D eigenvalue weighted by Gasteiger charge is -2.11. The smallest absolute Gasteiger partial charge is 0.137 e. The van der Waals surface area contributed by atoms with Crippen LogP contribution in [0.5, 0.6) is 0 Å². The Morgan fingerprint density at radius 3 is 2.56 bits per heavy atom. The molecule has 2 aromatic carbocycles. The number of halogens is 1. The minimum absolute atomic E-state index is 0.233. The van der Waals surface area contributed by atoms with Crippen LogP contribution in [0.1, 0.15) is 0 Å². The van der Waals surface area contributed by atoms with Gasteiger partial charge in [0.2, 0.25) is 0 Å². The van der Waals surface area contributed by atoms with E-state index in [9.17, 15) is 4.39 Å². The molecule has 0 bridgehead atoms. The van der Waals surface area contributed by atoms with Gasteiger partial charge in [0.15, 0.2) is 0 Å². The molecule has 0 aliphatic rings. The van der Waals surface area contributed by atoms with Crippen molar-refractivity contribution >= 4 is 23.5 Å². The highest BCUT2D eigenvalue weighted by Gasteiger charge is 2.08. The third-order valence-corrected chi connectivity index (χ3v) is 4.89. The van der Waals surface area contributed by atoms with E-state index < -0.39 is 0 Å². The predicted octanol–water partition coefficient (Wildman–Crippen LogP) is 5.34. The van der Waals surface area contributed by atoms with E-state index in [0.29, 0.717) is 0 Å². The molecule has 2 aromatic heterocycles. The Hall–Kier alpha value is -2.83. The molecular weight excluding hydrogens is 359 g/mol. The Morgan fingerprint density at radius 2 is 1.78 bits per heavy atom. The first-order valence-corrected chi connectivity index (χ1v) is 9.31. The van der Waals surface area contributed by atoms with Gasteiger partial charge in [-0.1, -0.05) is 24.3 Å². The molecule has 0 saturated carbocycles. The van der Waals surface area contributed by atoms with Crippen LogP contribution in [0, 0.1) is 5.82 Å². The average molecular weight is 378 g/mol. The van der Waals surface area contributed by atoms with Crippen LogP contribution in [-0.2, 0) is 0 Å². The Balaban J connectivity index is 1.67. The fourth-order valence-corrected chi connectivity index (χ4v) is 3.32. The quantitative estimate of drug-likeness (QED) is 0.475. The molecule has 0 unspecified atom stereocenters. The summed E-state index contributed by atoms with van der Waals surface area (Å²) in [6, 6.07) is 18.8. The van der Waals surface area contributed by atoms with E-state index in [0.717, 1.165) is 33.7 Å². The van der Waals surface area contributed by atoms with Gasteiger partial charge in [0.05, 0.1) is 11.9 Å². The summed E-state index contributed by atoms with van der Waals surface area (Å²) in [7, 11) is 3.98. The van der Waals surface area contributed by atoms with Crippen LogP contribution in [0.25, 0.3) is 28.0 Å². The molecule has 0 fully saturated rings. The van der Waals surface area contributed by atoms with Crippen molar-refractivity contribution in [1.82, 2.24) is 13.7 Å². The number of nitrogens with one attached hydrogen (secondary N) is 1. The summed E-state index contributed by atoms with van der Waals surface area (Å²) in [5.41, 5.74) is 5.97. The first-order valence-electron chi connectivity index (χ1n) is 8.54. The summed E-state index contributed by atoms with van der Waals surface area (Å²) >= 11 is 1.53. The second kappa shape index (κ2) is 7.42. The van der Waals surface area contributed by atoms with Gasteiger partial charge in [-0.3, -0.25) is 4.40 Å². The van der Waals surface area contributed by atoms with Gasteiger partial charge < -0.3 is 4.72 Å². The molecular formula is C21H19FN4S. The van der Waals surface area contributed by atoms with Crippen molar-refractivity contribution < 1.29 is 4.39 Å². The number of anilines is 1. The number of hydrogen-bond donors (Lipinski definition) is 1. The number of rotatable bonds is 5. The summed E-state index contributed by atoms with van der Waals surface area (Å²) in [4.78, 5) is 4.56. The first kappa shape index (κ1) is 17.6. The van der Waals surface area contributed by atoms with E-state index in [1.165, 1.54) is 24.3 Å². The molecule has 6 heteroatoms. The third kappa shape index (κ3) is 3.82. The highest BCUT2D eigenvalue weighted by molar-refractivity contribution is 7.98. The van der Waals surface area contributed by atoms with Gasteiger partial charge in [0, 0.05) is 29.6 Å². The third-order valence-electron chi connectivity index (χ3n) is 4.20. The van der Waals surface area contributed by atoms with Crippen molar-refractivity contribution in [1.29, 1.82) is 0 Å². The van der Waals surface area contributed by atoms with E-state index in [2.05, 4.69) is 26.2 Å². The Labute approximate surface area is 161 Å². The van der Waals surface area contributed by atoms with Gasteiger partial charge in [-0.2, -0.15) is 0 Å².